The van der Waals surface area contributed by atoms with Crippen LogP contribution in [0.1, 0.15) is 57.9 Å². The first-order valence-corrected chi connectivity index (χ1v) is 12.4. The molecule has 1 atom stereocenters. The number of nitrogens with one attached hydrogen (secondary N) is 2. The van der Waals surface area contributed by atoms with E-state index in [4.69, 9.17) is 4.74 Å². The molecule has 3 aromatic rings. The molecule has 1 aliphatic heterocycles. The molecule has 0 aliphatic carbocycles. The summed E-state index contributed by atoms with van der Waals surface area (Å²) in [6, 6.07) is 15.3. The minimum atomic E-state index is -1.14. The van der Waals surface area contributed by atoms with E-state index in [0.29, 0.717) is 26.1 Å². The largest absolute Gasteiger partial charge is 0.497 e. The molecule has 0 saturated carbocycles. The maximum Gasteiger partial charge on any atom is 0.273 e. The number of imidazole rings is 1. The van der Waals surface area contributed by atoms with Gasteiger partial charge in [0.1, 0.15) is 17.0 Å². The molecule has 37 heavy (non-hydrogen) atoms. The topological polar surface area (TPSA) is 106 Å². The van der Waals surface area contributed by atoms with Crippen molar-refractivity contribution in [3.63, 3.8) is 0 Å². The first kappa shape index (κ1) is 25.9. The van der Waals surface area contributed by atoms with E-state index in [1.165, 1.54) is 6.33 Å². The lowest BCUT2D eigenvalue weighted by Crippen LogP contribution is -2.64. The van der Waals surface area contributed by atoms with Crippen molar-refractivity contribution in [3.8, 4) is 5.75 Å². The summed E-state index contributed by atoms with van der Waals surface area (Å²) in [6.45, 7) is 6.91. The van der Waals surface area contributed by atoms with Crippen LogP contribution in [0.4, 0.5) is 0 Å². The van der Waals surface area contributed by atoms with Crippen molar-refractivity contribution in [2.75, 3.05) is 13.7 Å². The fourth-order valence-electron chi connectivity index (χ4n) is 4.52. The first-order valence-electron chi connectivity index (χ1n) is 12.4. The molecule has 4 rings (SSSR count). The molecule has 0 spiro atoms. The van der Waals surface area contributed by atoms with Crippen molar-refractivity contribution < 1.29 is 19.1 Å². The molecular weight excluding hydrogens is 470 g/mol. The number of carbonyl (C=O) groups is 3. The Balaban J connectivity index is 1.51. The van der Waals surface area contributed by atoms with E-state index < -0.39 is 11.4 Å². The van der Waals surface area contributed by atoms with Crippen LogP contribution in [0.2, 0.25) is 0 Å². The smallest absolute Gasteiger partial charge is 0.273 e. The molecule has 1 aliphatic rings. The number of aryl methyl sites for hydroxylation is 1. The molecule has 0 bridgehead atoms. The number of hydrogen-bond donors (Lipinski definition) is 2. The van der Waals surface area contributed by atoms with Crippen molar-refractivity contribution in [1.82, 2.24) is 25.1 Å². The zero-order valence-corrected chi connectivity index (χ0v) is 21.7. The summed E-state index contributed by atoms with van der Waals surface area (Å²) in [4.78, 5) is 45.9. The predicted octanol–water partition coefficient (Wildman–Crippen LogP) is 3.07. The number of amides is 3. The fraction of sp³-hybridized carbons (Fsp3) is 0.357. The molecule has 9 nitrogen and oxygen atoms in total. The quantitative estimate of drug-likeness (QED) is 0.467. The number of nitrogens with zero attached hydrogens (tertiary/aromatic N) is 3. The summed E-state index contributed by atoms with van der Waals surface area (Å²) in [6.07, 6.45) is 2.13. The number of aromatic nitrogens is 2. The zero-order chi connectivity index (χ0) is 26.6. The Labute approximate surface area is 216 Å². The molecule has 0 saturated heterocycles. The monoisotopic (exact) mass is 503 g/mol. The van der Waals surface area contributed by atoms with Crippen LogP contribution in [0, 0.1) is 6.92 Å². The number of methoxy groups -OCH3 is 1. The van der Waals surface area contributed by atoms with Crippen LogP contribution in [0.3, 0.4) is 0 Å². The van der Waals surface area contributed by atoms with E-state index >= 15 is 0 Å². The number of benzene rings is 2. The van der Waals surface area contributed by atoms with Gasteiger partial charge < -0.3 is 24.8 Å². The normalized spacial score (nSPS) is 16.8. The van der Waals surface area contributed by atoms with Crippen molar-refractivity contribution in [2.24, 2.45) is 0 Å². The zero-order valence-electron chi connectivity index (χ0n) is 21.7. The van der Waals surface area contributed by atoms with Gasteiger partial charge in [-0.25, -0.2) is 4.98 Å². The third-order valence-electron chi connectivity index (χ3n) is 6.70. The number of fused-ring (bicyclic) bond motifs is 1. The van der Waals surface area contributed by atoms with E-state index in [1.54, 1.807) is 23.5 Å². The standard InChI is InChI=1S/C28H33N5O4/c1-5-14-33-26(35)24-23(25(34)29-15-20-8-6-19(2)7-9-20)31-18-32(24)17-28(33,3)27(36)30-16-21-10-12-22(37-4)13-11-21/h6-13,18H,5,14-17H2,1-4H3,(H,29,34)(H,30,36). The number of rotatable bonds is 9. The number of hydrogen-bond acceptors (Lipinski definition) is 5. The van der Waals surface area contributed by atoms with Gasteiger partial charge in [-0.15, -0.1) is 0 Å². The molecule has 2 aromatic carbocycles. The molecule has 2 heterocycles. The van der Waals surface area contributed by atoms with Crippen molar-refractivity contribution in [3.05, 3.63) is 82.9 Å². The van der Waals surface area contributed by atoms with Crippen LogP contribution in [0.25, 0.3) is 0 Å². The first-order chi connectivity index (χ1) is 17.8. The lowest BCUT2D eigenvalue weighted by molar-refractivity contribution is -0.133. The average Bonchev–Trinajstić information content (AvgIpc) is 3.33. The van der Waals surface area contributed by atoms with Gasteiger partial charge in [-0.05, 0) is 43.5 Å². The number of carbonyl (C=O) groups excluding carboxylic acids is 3. The molecule has 1 unspecified atom stereocenters. The van der Waals surface area contributed by atoms with Gasteiger partial charge in [0.05, 0.1) is 20.0 Å². The number of ether oxygens (including phenoxy) is 1. The van der Waals surface area contributed by atoms with Gasteiger partial charge in [0.2, 0.25) is 5.91 Å². The van der Waals surface area contributed by atoms with Crippen LogP contribution in [0.5, 0.6) is 5.75 Å². The van der Waals surface area contributed by atoms with Gasteiger partial charge in [0, 0.05) is 19.6 Å². The van der Waals surface area contributed by atoms with E-state index in [9.17, 15) is 14.4 Å². The maximum atomic E-state index is 13.7. The van der Waals surface area contributed by atoms with Crippen LogP contribution < -0.4 is 15.4 Å². The predicted molar refractivity (Wildman–Crippen MR) is 139 cm³/mol. The maximum absolute atomic E-state index is 13.7. The second-order valence-electron chi connectivity index (χ2n) is 9.50. The Kier molecular flexibility index (Phi) is 7.61. The van der Waals surface area contributed by atoms with Crippen molar-refractivity contribution in [1.29, 1.82) is 0 Å². The Hall–Kier alpha value is -4.14. The van der Waals surface area contributed by atoms with E-state index in [0.717, 1.165) is 22.4 Å². The minimum absolute atomic E-state index is 0.0684. The highest BCUT2D eigenvalue weighted by Gasteiger charge is 2.48. The summed E-state index contributed by atoms with van der Waals surface area (Å²) in [5.41, 5.74) is 2.14. The molecular formula is C28H33N5O4. The van der Waals surface area contributed by atoms with Crippen LogP contribution in [0.15, 0.2) is 54.9 Å². The highest BCUT2D eigenvalue weighted by molar-refractivity contribution is 6.07. The van der Waals surface area contributed by atoms with Crippen molar-refractivity contribution >= 4 is 17.7 Å². The van der Waals surface area contributed by atoms with E-state index in [2.05, 4.69) is 15.6 Å². The molecule has 2 N–H and O–H groups in total. The fourth-order valence-corrected chi connectivity index (χ4v) is 4.52. The van der Waals surface area contributed by atoms with Gasteiger partial charge >= 0.3 is 0 Å². The molecule has 0 radical (unpaired) electrons. The Bertz CT molecular complexity index is 1280. The lowest BCUT2D eigenvalue weighted by Gasteiger charge is -2.43. The van der Waals surface area contributed by atoms with Crippen LogP contribution in [-0.2, 0) is 24.4 Å². The summed E-state index contributed by atoms with van der Waals surface area (Å²) < 4.78 is 6.80. The van der Waals surface area contributed by atoms with Gasteiger partial charge in [0.15, 0.2) is 5.69 Å². The molecule has 9 heteroatoms. The van der Waals surface area contributed by atoms with E-state index in [-0.39, 0.29) is 29.7 Å². The van der Waals surface area contributed by atoms with E-state index in [1.807, 2.05) is 62.4 Å². The highest BCUT2D eigenvalue weighted by atomic mass is 16.5. The SMILES string of the molecule is CCCN1C(=O)c2c(C(=O)NCc3ccc(C)cc3)ncn2CC1(C)C(=O)NCc1ccc(OC)cc1. The Morgan fingerprint density at radius 2 is 1.65 bits per heavy atom. The molecule has 1 aromatic heterocycles. The van der Waals surface area contributed by atoms with Gasteiger partial charge in [-0.3, -0.25) is 14.4 Å². The minimum Gasteiger partial charge on any atom is -0.497 e. The van der Waals surface area contributed by atoms with Gasteiger partial charge in [-0.1, -0.05) is 48.9 Å². The van der Waals surface area contributed by atoms with Crippen LogP contribution >= 0.6 is 0 Å². The molecule has 0 fully saturated rings. The molecule has 3 amide bonds. The third-order valence-corrected chi connectivity index (χ3v) is 6.70. The van der Waals surface area contributed by atoms with Gasteiger partial charge in [-0.2, -0.15) is 0 Å². The Morgan fingerprint density at radius 3 is 2.27 bits per heavy atom. The highest BCUT2D eigenvalue weighted by Crippen LogP contribution is 2.29. The second kappa shape index (κ2) is 10.9. The lowest BCUT2D eigenvalue weighted by atomic mass is 9.93. The Morgan fingerprint density at radius 1 is 1.03 bits per heavy atom. The van der Waals surface area contributed by atoms with Crippen molar-refractivity contribution in [2.45, 2.75) is 52.4 Å². The second-order valence-corrected chi connectivity index (χ2v) is 9.50. The molecule has 194 valence electrons. The van der Waals surface area contributed by atoms with Crippen LogP contribution in [-0.4, -0.2) is 51.4 Å². The third kappa shape index (κ3) is 5.35. The summed E-state index contributed by atoms with van der Waals surface area (Å²) in [7, 11) is 1.60. The summed E-state index contributed by atoms with van der Waals surface area (Å²) >= 11 is 0. The summed E-state index contributed by atoms with van der Waals surface area (Å²) in [5.74, 6) is -0.338. The average molecular weight is 504 g/mol. The van der Waals surface area contributed by atoms with Gasteiger partial charge in [0.25, 0.3) is 11.8 Å². The summed E-state index contributed by atoms with van der Waals surface area (Å²) in [5, 5.41) is 5.83.